The first-order valence-corrected chi connectivity index (χ1v) is 6.66. The maximum Gasteiger partial charge on any atom is 0.341 e. The highest BCUT2D eigenvalue weighted by Crippen LogP contribution is 2.17. The summed E-state index contributed by atoms with van der Waals surface area (Å²) in [5, 5.41) is 10.7. The minimum atomic E-state index is -0.706. The maximum atomic E-state index is 12.0. The van der Waals surface area contributed by atoms with E-state index in [2.05, 4.69) is 0 Å². The van der Waals surface area contributed by atoms with E-state index in [4.69, 9.17) is 4.74 Å². The van der Waals surface area contributed by atoms with Crippen LogP contribution in [-0.2, 0) is 14.3 Å². The Kier molecular flexibility index (Phi) is 6.26. The second-order valence-corrected chi connectivity index (χ2v) is 4.30. The van der Waals surface area contributed by atoms with Crippen LogP contribution >= 0.6 is 0 Å². The lowest BCUT2D eigenvalue weighted by Gasteiger charge is -2.06. The Hall–Kier alpha value is -2.50. The molecule has 112 valence electrons. The van der Waals surface area contributed by atoms with Crippen LogP contribution in [0.2, 0.25) is 0 Å². The number of non-ortho nitro benzene ring substituents is 1. The number of ketones is 1. The van der Waals surface area contributed by atoms with E-state index in [0.29, 0.717) is 12.0 Å². The Bertz CT molecular complexity index is 557. The van der Waals surface area contributed by atoms with Crippen LogP contribution in [0.25, 0.3) is 6.08 Å². The lowest BCUT2D eigenvalue weighted by Crippen LogP contribution is -2.15. The second-order valence-electron chi connectivity index (χ2n) is 4.30. The van der Waals surface area contributed by atoms with Crippen molar-refractivity contribution in [2.75, 3.05) is 6.61 Å². The van der Waals surface area contributed by atoms with Crippen LogP contribution in [0.3, 0.4) is 0 Å². The van der Waals surface area contributed by atoms with Gasteiger partial charge in [-0.05, 0) is 25.0 Å². The van der Waals surface area contributed by atoms with Gasteiger partial charge in [-0.1, -0.05) is 19.1 Å². The SMILES string of the molecule is CCCC(=O)C(=Cc1cccc([N+](=O)[O-])c1)C(=O)OCC. The molecule has 1 aromatic rings. The van der Waals surface area contributed by atoms with Crippen molar-refractivity contribution < 1.29 is 19.2 Å². The Morgan fingerprint density at radius 1 is 1.33 bits per heavy atom. The minimum absolute atomic E-state index is 0.0841. The summed E-state index contributed by atoms with van der Waals surface area (Å²) in [6, 6.07) is 5.73. The number of rotatable bonds is 7. The van der Waals surface area contributed by atoms with E-state index in [-0.39, 0.29) is 30.1 Å². The first-order chi connectivity index (χ1) is 9.99. The summed E-state index contributed by atoms with van der Waals surface area (Å²) >= 11 is 0. The molecule has 0 atom stereocenters. The van der Waals surface area contributed by atoms with Crippen LogP contribution in [0.1, 0.15) is 32.3 Å². The summed E-state index contributed by atoms with van der Waals surface area (Å²) in [6.07, 6.45) is 2.16. The number of Topliss-reactive ketones (excluding diaryl/α,β-unsaturated/α-hetero) is 1. The molecule has 0 unspecified atom stereocenters. The molecule has 0 saturated carbocycles. The van der Waals surface area contributed by atoms with Gasteiger partial charge in [0, 0.05) is 18.6 Å². The topological polar surface area (TPSA) is 86.5 Å². The Labute approximate surface area is 122 Å². The van der Waals surface area contributed by atoms with E-state index in [1.54, 1.807) is 13.0 Å². The largest absolute Gasteiger partial charge is 0.462 e. The van der Waals surface area contributed by atoms with E-state index in [1.807, 2.05) is 6.92 Å². The molecule has 6 nitrogen and oxygen atoms in total. The highest BCUT2D eigenvalue weighted by molar-refractivity contribution is 6.20. The average Bonchev–Trinajstić information content (AvgIpc) is 2.45. The molecule has 0 aliphatic rings. The molecule has 0 amide bonds. The lowest BCUT2D eigenvalue weighted by atomic mass is 10.0. The number of nitrogens with zero attached hydrogens (tertiary/aromatic N) is 1. The van der Waals surface area contributed by atoms with Gasteiger partial charge in [0.05, 0.1) is 11.5 Å². The van der Waals surface area contributed by atoms with Crippen molar-refractivity contribution >= 4 is 23.5 Å². The average molecular weight is 291 g/mol. The van der Waals surface area contributed by atoms with Gasteiger partial charge in [0.1, 0.15) is 5.57 Å². The van der Waals surface area contributed by atoms with Gasteiger partial charge in [0.25, 0.3) is 5.69 Å². The molecule has 0 fully saturated rings. The van der Waals surface area contributed by atoms with Crippen LogP contribution in [0.5, 0.6) is 0 Å². The summed E-state index contributed by atoms with van der Waals surface area (Å²) in [7, 11) is 0. The van der Waals surface area contributed by atoms with Gasteiger partial charge in [0.15, 0.2) is 5.78 Å². The third-order valence-electron chi connectivity index (χ3n) is 2.66. The molecule has 1 aromatic carbocycles. The normalized spacial score (nSPS) is 11.0. The third-order valence-corrected chi connectivity index (χ3v) is 2.66. The van der Waals surface area contributed by atoms with Gasteiger partial charge in [-0.3, -0.25) is 14.9 Å². The predicted octanol–water partition coefficient (Wildman–Crippen LogP) is 2.91. The molecule has 1 rings (SSSR count). The molecule has 0 aliphatic carbocycles. The van der Waals surface area contributed by atoms with Crippen LogP contribution < -0.4 is 0 Å². The first kappa shape index (κ1) is 16.6. The summed E-state index contributed by atoms with van der Waals surface area (Å²) in [5.41, 5.74) is 0.228. The number of nitro benzene ring substituents is 1. The molecule has 0 bridgehead atoms. The van der Waals surface area contributed by atoms with Crippen molar-refractivity contribution in [3.63, 3.8) is 0 Å². The second kappa shape index (κ2) is 7.94. The van der Waals surface area contributed by atoms with Crippen molar-refractivity contribution in [2.45, 2.75) is 26.7 Å². The summed E-state index contributed by atoms with van der Waals surface area (Å²) in [4.78, 5) is 34.0. The molecule has 0 saturated heterocycles. The Morgan fingerprint density at radius 3 is 2.62 bits per heavy atom. The Balaban J connectivity index is 3.17. The molecule has 6 heteroatoms. The zero-order valence-electron chi connectivity index (χ0n) is 12.0. The number of nitro groups is 1. The van der Waals surface area contributed by atoms with Gasteiger partial charge in [-0.2, -0.15) is 0 Å². The van der Waals surface area contributed by atoms with Crippen LogP contribution in [0, 0.1) is 10.1 Å². The van der Waals surface area contributed by atoms with E-state index in [0.717, 1.165) is 0 Å². The quantitative estimate of drug-likeness (QED) is 0.192. The highest BCUT2D eigenvalue weighted by atomic mass is 16.6. The number of hydrogen-bond donors (Lipinski definition) is 0. The van der Waals surface area contributed by atoms with Crippen LogP contribution in [-0.4, -0.2) is 23.3 Å². The van der Waals surface area contributed by atoms with Crippen molar-refractivity contribution in [1.29, 1.82) is 0 Å². The van der Waals surface area contributed by atoms with E-state index in [9.17, 15) is 19.7 Å². The summed E-state index contributed by atoms with van der Waals surface area (Å²) in [5.74, 6) is -1.04. The molecular weight excluding hydrogens is 274 g/mol. The zero-order chi connectivity index (χ0) is 15.8. The third kappa shape index (κ3) is 4.83. The molecule has 0 N–H and O–H groups in total. The highest BCUT2D eigenvalue weighted by Gasteiger charge is 2.19. The van der Waals surface area contributed by atoms with Gasteiger partial charge in [-0.15, -0.1) is 0 Å². The van der Waals surface area contributed by atoms with Crippen molar-refractivity contribution in [3.8, 4) is 0 Å². The van der Waals surface area contributed by atoms with Crippen LogP contribution in [0.15, 0.2) is 29.8 Å². The smallest absolute Gasteiger partial charge is 0.341 e. The molecule has 0 aromatic heterocycles. The molecule has 0 heterocycles. The fraction of sp³-hybridized carbons (Fsp3) is 0.333. The first-order valence-electron chi connectivity index (χ1n) is 6.66. The maximum absolute atomic E-state index is 12.0. The molecule has 0 radical (unpaired) electrons. The number of esters is 1. The van der Waals surface area contributed by atoms with E-state index >= 15 is 0 Å². The minimum Gasteiger partial charge on any atom is -0.462 e. The van der Waals surface area contributed by atoms with Gasteiger partial charge < -0.3 is 4.74 Å². The molecule has 0 spiro atoms. The standard InChI is InChI=1S/C15H17NO5/c1-3-6-14(17)13(15(18)21-4-2)10-11-7-5-8-12(9-11)16(19)20/h5,7-10H,3-4,6H2,1-2H3. The number of hydrogen-bond acceptors (Lipinski definition) is 5. The van der Waals surface area contributed by atoms with E-state index in [1.165, 1.54) is 24.3 Å². The number of carbonyl (C=O) groups is 2. The number of carbonyl (C=O) groups excluding carboxylic acids is 2. The van der Waals surface area contributed by atoms with E-state index < -0.39 is 10.9 Å². The monoisotopic (exact) mass is 291 g/mol. The predicted molar refractivity (Wildman–Crippen MR) is 77.6 cm³/mol. The number of benzene rings is 1. The Morgan fingerprint density at radius 2 is 2.05 bits per heavy atom. The van der Waals surface area contributed by atoms with Crippen molar-refractivity contribution in [2.24, 2.45) is 0 Å². The molecular formula is C15H17NO5. The molecule has 21 heavy (non-hydrogen) atoms. The fourth-order valence-electron chi connectivity index (χ4n) is 1.72. The van der Waals surface area contributed by atoms with Crippen molar-refractivity contribution in [1.82, 2.24) is 0 Å². The lowest BCUT2D eigenvalue weighted by molar-refractivity contribution is -0.384. The van der Waals surface area contributed by atoms with Crippen LogP contribution in [0.4, 0.5) is 5.69 Å². The van der Waals surface area contributed by atoms with Gasteiger partial charge >= 0.3 is 5.97 Å². The zero-order valence-corrected chi connectivity index (χ0v) is 12.0. The van der Waals surface area contributed by atoms with Gasteiger partial charge in [0.2, 0.25) is 0 Å². The summed E-state index contributed by atoms with van der Waals surface area (Å²) < 4.78 is 4.86. The number of ether oxygens (including phenoxy) is 1. The fourth-order valence-corrected chi connectivity index (χ4v) is 1.72. The molecule has 0 aliphatic heterocycles. The van der Waals surface area contributed by atoms with Crippen molar-refractivity contribution in [3.05, 3.63) is 45.5 Å². The van der Waals surface area contributed by atoms with Gasteiger partial charge in [-0.25, -0.2) is 4.79 Å². The summed E-state index contributed by atoms with van der Waals surface area (Å²) in [6.45, 7) is 3.63.